The van der Waals surface area contributed by atoms with Crippen molar-refractivity contribution in [2.75, 3.05) is 0 Å². The lowest BCUT2D eigenvalue weighted by atomic mass is 10.1. The van der Waals surface area contributed by atoms with Crippen LogP contribution in [0.3, 0.4) is 0 Å². The molecule has 2 aromatic rings. The van der Waals surface area contributed by atoms with E-state index in [4.69, 9.17) is 0 Å². The molecular weight excluding hydrogens is 184 g/mol. The van der Waals surface area contributed by atoms with Gasteiger partial charge in [-0.2, -0.15) is 5.10 Å². The van der Waals surface area contributed by atoms with Crippen LogP contribution >= 0.6 is 0 Å². The molecule has 0 aliphatic rings. The van der Waals surface area contributed by atoms with E-state index in [0.29, 0.717) is 0 Å². The first-order valence-electron chi connectivity index (χ1n) is 5.36. The van der Waals surface area contributed by atoms with E-state index in [-0.39, 0.29) is 0 Å². The zero-order chi connectivity index (χ0) is 10.7. The summed E-state index contributed by atoms with van der Waals surface area (Å²) in [6.07, 6.45) is 3.12. The van der Waals surface area contributed by atoms with Crippen LogP contribution in [-0.2, 0) is 13.0 Å². The standard InChI is InChI=1S/C13H16N2/c1-3-12-4-6-13(7-5-12)10-15-9-8-11(2)14-15/h4-9H,3,10H2,1-2H3. The summed E-state index contributed by atoms with van der Waals surface area (Å²) in [4.78, 5) is 0. The van der Waals surface area contributed by atoms with Crippen LogP contribution in [0.15, 0.2) is 36.5 Å². The Hall–Kier alpha value is -1.57. The highest BCUT2D eigenvalue weighted by Gasteiger charge is 1.96. The Morgan fingerprint density at radius 2 is 1.73 bits per heavy atom. The molecule has 0 saturated heterocycles. The molecule has 0 unspecified atom stereocenters. The second-order valence-electron chi connectivity index (χ2n) is 3.82. The molecule has 2 rings (SSSR count). The number of rotatable bonds is 3. The lowest BCUT2D eigenvalue weighted by Crippen LogP contribution is -2.00. The van der Waals surface area contributed by atoms with Crippen LogP contribution in [0.5, 0.6) is 0 Å². The van der Waals surface area contributed by atoms with Gasteiger partial charge in [-0.15, -0.1) is 0 Å². The lowest BCUT2D eigenvalue weighted by Gasteiger charge is -2.03. The first-order chi connectivity index (χ1) is 7.28. The van der Waals surface area contributed by atoms with Gasteiger partial charge in [0, 0.05) is 6.20 Å². The summed E-state index contributed by atoms with van der Waals surface area (Å²) < 4.78 is 1.97. The first kappa shape index (κ1) is 9.97. The van der Waals surface area contributed by atoms with Gasteiger partial charge in [0.25, 0.3) is 0 Å². The van der Waals surface area contributed by atoms with Crippen molar-refractivity contribution >= 4 is 0 Å². The minimum atomic E-state index is 0.859. The SMILES string of the molecule is CCc1ccc(Cn2ccc(C)n2)cc1. The van der Waals surface area contributed by atoms with Crippen molar-refractivity contribution in [1.82, 2.24) is 9.78 Å². The fraction of sp³-hybridized carbons (Fsp3) is 0.308. The van der Waals surface area contributed by atoms with Crippen molar-refractivity contribution in [2.24, 2.45) is 0 Å². The Kier molecular flexibility index (Phi) is 2.86. The zero-order valence-electron chi connectivity index (χ0n) is 9.27. The minimum absolute atomic E-state index is 0.859. The number of benzene rings is 1. The maximum Gasteiger partial charge on any atom is 0.0659 e. The highest BCUT2D eigenvalue weighted by atomic mass is 15.3. The fourth-order valence-electron chi connectivity index (χ4n) is 1.62. The molecule has 0 bridgehead atoms. The summed E-state index contributed by atoms with van der Waals surface area (Å²) in [6, 6.07) is 10.8. The molecule has 0 fully saturated rings. The quantitative estimate of drug-likeness (QED) is 0.745. The van der Waals surface area contributed by atoms with E-state index >= 15 is 0 Å². The van der Waals surface area contributed by atoms with E-state index in [2.05, 4.69) is 36.3 Å². The predicted octanol–water partition coefficient (Wildman–Crippen LogP) is 2.80. The molecule has 2 heteroatoms. The zero-order valence-corrected chi connectivity index (χ0v) is 9.27. The van der Waals surface area contributed by atoms with Gasteiger partial charge in [0.1, 0.15) is 0 Å². The van der Waals surface area contributed by atoms with Crippen LogP contribution in [0.4, 0.5) is 0 Å². The molecule has 0 aliphatic carbocycles. The maximum atomic E-state index is 4.37. The first-order valence-corrected chi connectivity index (χ1v) is 5.36. The largest absolute Gasteiger partial charge is 0.268 e. The summed E-state index contributed by atoms with van der Waals surface area (Å²) >= 11 is 0. The average molecular weight is 200 g/mol. The predicted molar refractivity (Wildman–Crippen MR) is 61.9 cm³/mol. The van der Waals surface area contributed by atoms with Gasteiger partial charge in [-0.1, -0.05) is 31.2 Å². The van der Waals surface area contributed by atoms with Gasteiger partial charge in [-0.3, -0.25) is 4.68 Å². The van der Waals surface area contributed by atoms with E-state index in [1.165, 1.54) is 11.1 Å². The Balaban J connectivity index is 2.11. The van der Waals surface area contributed by atoms with Crippen LogP contribution in [0, 0.1) is 6.92 Å². The van der Waals surface area contributed by atoms with E-state index in [1.807, 2.05) is 23.9 Å². The summed E-state index contributed by atoms with van der Waals surface area (Å²) in [6.45, 7) is 5.04. The normalized spacial score (nSPS) is 10.5. The molecule has 0 atom stereocenters. The molecule has 1 aromatic carbocycles. The Morgan fingerprint density at radius 1 is 1.07 bits per heavy atom. The monoisotopic (exact) mass is 200 g/mol. The minimum Gasteiger partial charge on any atom is -0.268 e. The summed E-state index contributed by atoms with van der Waals surface area (Å²) in [5, 5.41) is 4.37. The van der Waals surface area contributed by atoms with E-state index in [1.54, 1.807) is 0 Å². The van der Waals surface area contributed by atoms with Crippen molar-refractivity contribution in [3.63, 3.8) is 0 Å². The third kappa shape index (κ3) is 2.46. The summed E-state index contributed by atoms with van der Waals surface area (Å²) in [5.74, 6) is 0. The fourth-order valence-corrected chi connectivity index (χ4v) is 1.62. The molecule has 0 radical (unpaired) electrons. The van der Waals surface area contributed by atoms with Gasteiger partial charge in [-0.25, -0.2) is 0 Å². The van der Waals surface area contributed by atoms with Crippen molar-refractivity contribution < 1.29 is 0 Å². The molecule has 0 amide bonds. The molecule has 78 valence electrons. The third-order valence-electron chi connectivity index (χ3n) is 2.55. The van der Waals surface area contributed by atoms with Crippen LogP contribution in [0.25, 0.3) is 0 Å². The van der Waals surface area contributed by atoms with Crippen molar-refractivity contribution in [2.45, 2.75) is 26.8 Å². The van der Waals surface area contributed by atoms with Crippen LogP contribution < -0.4 is 0 Å². The number of nitrogens with zero attached hydrogens (tertiary/aromatic N) is 2. The van der Waals surface area contributed by atoms with Gasteiger partial charge < -0.3 is 0 Å². The topological polar surface area (TPSA) is 17.8 Å². The van der Waals surface area contributed by atoms with Crippen molar-refractivity contribution in [3.8, 4) is 0 Å². The van der Waals surface area contributed by atoms with Gasteiger partial charge in [0.05, 0.1) is 12.2 Å². The lowest BCUT2D eigenvalue weighted by molar-refractivity contribution is 0.679. The molecule has 1 heterocycles. The highest BCUT2D eigenvalue weighted by molar-refractivity contribution is 5.22. The Morgan fingerprint density at radius 3 is 2.27 bits per heavy atom. The van der Waals surface area contributed by atoms with Gasteiger partial charge in [-0.05, 0) is 30.5 Å². The number of aromatic nitrogens is 2. The van der Waals surface area contributed by atoms with E-state index in [9.17, 15) is 0 Å². The molecular formula is C13H16N2. The molecule has 2 nitrogen and oxygen atoms in total. The molecule has 15 heavy (non-hydrogen) atoms. The van der Waals surface area contributed by atoms with Gasteiger partial charge >= 0.3 is 0 Å². The third-order valence-corrected chi connectivity index (χ3v) is 2.55. The van der Waals surface area contributed by atoms with Gasteiger partial charge in [0.2, 0.25) is 0 Å². The second kappa shape index (κ2) is 4.30. The molecule has 0 aliphatic heterocycles. The smallest absolute Gasteiger partial charge is 0.0659 e. The Bertz CT molecular complexity index is 426. The maximum absolute atomic E-state index is 4.37. The van der Waals surface area contributed by atoms with Crippen LogP contribution in [0.1, 0.15) is 23.7 Å². The number of hydrogen-bond donors (Lipinski definition) is 0. The molecule has 0 saturated carbocycles. The van der Waals surface area contributed by atoms with Gasteiger partial charge in [0.15, 0.2) is 0 Å². The summed E-state index contributed by atoms with van der Waals surface area (Å²) in [7, 11) is 0. The Labute approximate surface area is 90.6 Å². The van der Waals surface area contributed by atoms with E-state index < -0.39 is 0 Å². The van der Waals surface area contributed by atoms with Crippen LogP contribution in [-0.4, -0.2) is 9.78 Å². The van der Waals surface area contributed by atoms with Crippen LogP contribution in [0.2, 0.25) is 0 Å². The van der Waals surface area contributed by atoms with Crippen molar-refractivity contribution in [3.05, 3.63) is 53.3 Å². The van der Waals surface area contributed by atoms with Crippen molar-refractivity contribution in [1.29, 1.82) is 0 Å². The highest BCUT2D eigenvalue weighted by Crippen LogP contribution is 2.06. The molecule has 0 spiro atoms. The molecule has 1 aromatic heterocycles. The number of hydrogen-bond acceptors (Lipinski definition) is 1. The average Bonchev–Trinajstić information content (AvgIpc) is 2.65. The number of aryl methyl sites for hydroxylation is 2. The summed E-state index contributed by atoms with van der Waals surface area (Å²) in [5.41, 5.74) is 3.76. The van der Waals surface area contributed by atoms with E-state index in [0.717, 1.165) is 18.7 Å². The second-order valence-corrected chi connectivity index (χ2v) is 3.82. The molecule has 0 N–H and O–H groups in total.